The second-order valence-corrected chi connectivity index (χ2v) is 6.44. The van der Waals surface area contributed by atoms with E-state index in [9.17, 15) is 9.59 Å². The Hall–Kier alpha value is -3.22. The van der Waals surface area contributed by atoms with E-state index in [1.165, 1.54) is 0 Å². The van der Waals surface area contributed by atoms with E-state index in [0.29, 0.717) is 41.6 Å². The van der Waals surface area contributed by atoms with Crippen LogP contribution in [0.3, 0.4) is 0 Å². The number of benzene rings is 2. The summed E-state index contributed by atoms with van der Waals surface area (Å²) < 4.78 is 15.8. The number of carbonyl (C=O) groups is 2. The van der Waals surface area contributed by atoms with Crippen LogP contribution in [0.1, 0.15) is 17.3 Å². The average Bonchev–Trinajstić information content (AvgIpc) is 2.74. The first-order valence-electron chi connectivity index (χ1n) is 8.98. The largest absolute Gasteiger partial charge is 0.497 e. The van der Waals surface area contributed by atoms with Gasteiger partial charge in [0.1, 0.15) is 11.8 Å². The molecule has 1 saturated heterocycles. The Morgan fingerprint density at radius 1 is 0.964 bits per heavy atom. The molecule has 2 amide bonds. The third-order valence-corrected chi connectivity index (χ3v) is 4.91. The fraction of sp³-hybridized carbons (Fsp3) is 0.333. The minimum Gasteiger partial charge on any atom is -0.497 e. The highest BCUT2D eigenvalue weighted by Crippen LogP contribution is 2.32. The van der Waals surface area contributed by atoms with E-state index in [1.54, 1.807) is 74.5 Å². The molecule has 3 rings (SSSR count). The molecule has 1 atom stereocenters. The van der Waals surface area contributed by atoms with Gasteiger partial charge in [-0.05, 0) is 37.3 Å². The quantitative estimate of drug-likeness (QED) is 0.793. The van der Waals surface area contributed by atoms with Gasteiger partial charge in [-0.2, -0.15) is 0 Å². The van der Waals surface area contributed by atoms with Crippen molar-refractivity contribution in [3.05, 3.63) is 48.0 Å². The number of piperazine rings is 1. The van der Waals surface area contributed by atoms with Crippen LogP contribution in [0.25, 0.3) is 0 Å². The van der Waals surface area contributed by atoms with Crippen molar-refractivity contribution < 1.29 is 23.8 Å². The maximum Gasteiger partial charge on any atom is 0.254 e. The molecule has 0 aliphatic carbocycles. The van der Waals surface area contributed by atoms with Crippen molar-refractivity contribution in [2.24, 2.45) is 0 Å². The molecule has 7 nitrogen and oxygen atoms in total. The van der Waals surface area contributed by atoms with Crippen LogP contribution in [0.2, 0.25) is 0 Å². The van der Waals surface area contributed by atoms with Gasteiger partial charge in [-0.15, -0.1) is 0 Å². The molecule has 0 spiro atoms. The Kier molecular flexibility index (Phi) is 5.73. The van der Waals surface area contributed by atoms with E-state index in [4.69, 9.17) is 14.2 Å². The molecule has 1 heterocycles. The number of carbonyl (C=O) groups excluding carboxylic acids is 2. The Balaban J connectivity index is 1.81. The summed E-state index contributed by atoms with van der Waals surface area (Å²) in [5.74, 6) is 1.42. The summed E-state index contributed by atoms with van der Waals surface area (Å²) in [6, 6.07) is 11.7. The number of hydrogen-bond donors (Lipinski definition) is 0. The molecule has 0 radical (unpaired) electrons. The van der Waals surface area contributed by atoms with Gasteiger partial charge in [-0.1, -0.05) is 6.07 Å². The lowest BCUT2D eigenvalue weighted by Crippen LogP contribution is -2.57. The normalized spacial score (nSPS) is 16.7. The molecular weight excluding hydrogens is 360 g/mol. The summed E-state index contributed by atoms with van der Waals surface area (Å²) in [6.07, 6.45) is 0. The molecule has 28 heavy (non-hydrogen) atoms. The van der Waals surface area contributed by atoms with E-state index in [0.717, 1.165) is 0 Å². The Morgan fingerprint density at radius 3 is 2.39 bits per heavy atom. The lowest BCUT2D eigenvalue weighted by molar-refractivity contribution is -0.124. The van der Waals surface area contributed by atoms with Crippen molar-refractivity contribution in [1.29, 1.82) is 0 Å². The second kappa shape index (κ2) is 8.21. The zero-order valence-electron chi connectivity index (χ0n) is 16.5. The second-order valence-electron chi connectivity index (χ2n) is 6.44. The SMILES string of the molecule is COc1cccc(C(=O)N2CCN(c3ccc(OC)c(OC)c3)C(=O)C2C)c1. The van der Waals surface area contributed by atoms with Crippen molar-refractivity contribution in [3.63, 3.8) is 0 Å². The molecule has 1 unspecified atom stereocenters. The van der Waals surface area contributed by atoms with Gasteiger partial charge in [0.2, 0.25) is 5.91 Å². The topological polar surface area (TPSA) is 68.3 Å². The predicted octanol–water partition coefficient (Wildman–Crippen LogP) is 2.59. The van der Waals surface area contributed by atoms with E-state index < -0.39 is 6.04 Å². The van der Waals surface area contributed by atoms with E-state index in [-0.39, 0.29) is 11.8 Å². The number of nitrogens with zero attached hydrogens (tertiary/aromatic N) is 2. The molecule has 1 aliphatic rings. The molecule has 0 bridgehead atoms. The Labute approximate surface area is 164 Å². The van der Waals surface area contributed by atoms with Gasteiger partial charge < -0.3 is 24.0 Å². The summed E-state index contributed by atoms with van der Waals surface area (Å²) in [5.41, 5.74) is 1.21. The van der Waals surface area contributed by atoms with Crippen LogP contribution >= 0.6 is 0 Å². The van der Waals surface area contributed by atoms with Crippen molar-refractivity contribution in [3.8, 4) is 17.2 Å². The van der Waals surface area contributed by atoms with Crippen LogP contribution in [0, 0.1) is 0 Å². The smallest absolute Gasteiger partial charge is 0.254 e. The van der Waals surface area contributed by atoms with Crippen LogP contribution in [-0.2, 0) is 4.79 Å². The zero-order valence-corrected chi connectivity index (χ0v) is 16.5. The molecule has 1 fully saturated rings. The van der Waals surface area contributed by atoms with Crippen molar-refractivity contribution in [2.75, 3.05) is 39.3 Å². The van der Waals surface area contributed by atoms with Gasteiger partial charge in [0.25, 0.3) is 5.91 Å². The highest BCUT2D eigenvalue weighted by atomic mass is 16.5. The number of anilines is 1. The molecule has 2 aromatic carbocycles. The van der Waals surface area contributed by atoms with Gasteiger partial charge in [0.05, 0.1) is 21.3 Å². The average molecular weight is 384 g/mol. The third-order valence-electron chi connectivity index (χ3n) is 4.91. The van der Waals surface area contributed by atoms with Crippen LogP contribution in [0.4, 0.5) is 5.69 Å². The molecule has 0 saturated carbocycles. The standard InChI is InChI=1S/C21H24N2O5/c1-14-20(24)23(16-8-9-18(27-3)19(13-16)28-4)11-10-22(14)21(25)15-6-5-7-17(12-15)26-2/h5-9,12-14H,10-11H2,1-4H3. The number of methoxy groups -OCH3 is 3. The Morgan fingerprint density at radius 2 is 1.71 bits per heavy atom. The molecular formula is C21H24N2O5. The summed E-state index contributed by atoms with van der Waals surface area (Å²) >= 11 is 0. The van der Waals surface area contributed by atoms with E-state index >= 15 is 0 Å². The number of ether oxygens (including phenoxy) is 3. The maximum absolute atomic E-state index is 13.0. The molecule has 0 N–H and O–H groups in total. The first kappa shape index (κ1) is 19.5. The van der Waals surface area contributed by atoms with Crippen molar-refractivity contribution in [2.45, 2.75) is 13.0 Å². The summed E-state index contributed by atoms with van der Waals surface area (Å²) in [6.45, 7) is 2.57. The van der Waals surface area contributed by atoms with Crippen LogP contribution in [0.5, 0.6) is 17.2 Å². The molecule has 148 valence electrons. The molecule has 0 aromatic heterocycles. The lowest BCUT2D eigenvalue weighted by atomic mass is 10.1. The molecule has 7 heteroatoms. The zero-order chi connectivity index (χ0) is 20.3. The van der Waals surface area contributed by atoms with Crippen LogP contribution in [0.15, 0.2) is 42.5 Å². The molecule has 1 aliphatic heterocycles. The van der Waals surface area contributed by atoms with Crippen molar-refractivity contribution >= 4 is 17.5 Å². The summed E-state index contributed by atoms with van der Waals surface area (Å²) in [7, 11) is 4.67. The van der Waals surface area contributed by atoms with Crippen LogP contribution in [-0.4, -0.2) is 57.2 Å². The summed E-state index contributed by atoms with van der Waals surface area (Å²) in [4.78, 5) is 29.2. The van der Waals surface area contributed by atoms with Crippen LogP contribution < -0.4 is 19.1 Å². The minimum atomic E-state index is -0.583. The first-order chi connectivity index (χ1) is 13.5. The monoisotopic (exact) mass is 384 g/mol. The van der Waals surface area contributed by atoms with Gasteiger partial charge in [0, 0.05) is 30.4 Å². The fourth-order valence-electron chi connectivity index (χ4n) is 3.32. The first-order valence-corrected chi connectivity index (χ1v) is 8.98. The summed E-state index contributed by atoms with van der Waals surface area (Å²) in [5, 5.41) is 0. The fourth-order valence-corrected chi connectivity index (χ4v) is 3.32. The van der Waals surface area contributed by atoms with E-state index in [1.807, 2.05) is 6.07 Å². The number of hydrogen-bond acceptors (Lipinski definition) is 5. The Bertz CT molecular complexity index is 883. The lowest BCUT2D eigenvalue weighted by Gasteiger charge is -2.39. The van der Waals surface area contributed by atoms with Gasteiger partial charge in [-0.25, -0.2) is 0 Å². The minimum absolute atomic E-state index is 0.144. The van der Waals surface area contributed by atoms with Gasteiger partial charge in [0.15, 0.2) is 11.5 Å². The van der Waals surface area contributed by atoms with E-state index in [2.05, 4.69) is 0 Å². The highest BCUT2D eigenvalue weighted by Gasteiger charge is 2.35. The third kappa shape index (κ3) is 3.60. The predicted molar refractivity (Wildman–Crippen MR) is 105 cm³/mol. The van der Waals surface area contributed by atoms with Gasteiger partial charge in [-0.3, -0.25) is 9.59 Å². The van der Waals surface area contributed by atoms with Gasteiger partial charge >= 0.3 is 0 Å². The number of rotatable bonds is 5. The highest BCUT2D eigenvalue weighted by molar-refractivity contribution is 6.03. The molecule has 2 aromatic rings. The van der Waals surface area contributed by atoms with Crippen molar-refractivity contribution in [1.82, 2.24) is 4.90 Å². The number of amides is 2. The maximum atomic E-state index is 13.0.